The Kier molecular flexibility index (Phi) is 2.64. The SMILES string of the molecule is Cc1cc(Sc2nncn2C)ccc1N. The van der Waals surface area contributed by atoms with Crippen LogP contribution in [-0.4, -0.2) is 14.8 Å². The first-order chi connectivity index (χ1) is 7.16. The highest BCUT2D eigenvalue weighted by Crippen LogP contribution is 2.27. The maximum Gasteiger partial charge on any atom is 0.195 e. The Labute approximate surface area is 92.5 Å². The van der Waals surface area contributed by atoms with E-state index in [1.807, 2.05) is 30.7 Å². The summed E-state index contributed by atoms with van der Waals surface area (Å²) in [4.78, 5) is 1.12. The average molecular weight is 220 g/mol. The lowest BCUT2D eigenvalue weighted by atomic mass is 10.2. The van der Waals surface area contributed by atoms with E-state index in [0.29, 0.717) is 0 Å². The van der Waals surface area contributed by atoms with Gasteiger partial charge in [0.25, 0.3) is 0 Å². The van der Waals surface area contributed by atoms with E-state index in [4.69, 9.17) is 5.73 Å². The molecule has 1 aromatic carbocycles. The van der Waals surface area contributed by atoms with Crippen molar-refractivity contribution in [3.63, 3.8) is 0 Å². The van der Waals surface area contributed by atoms with Gasteiger partial charge in [0.15, 0.2) is 5.16 Å². The summed E-state index contributed by atoms with van der Waals surface area (Å²) >= 11 is 1.58. The summed E-state index contributed by atoms with van der Waals surface area (Å²) in [5, 5.41) is 8.71. The Morgan fingerprint density at radius 1 is 1.40 bits per heavy atom. The van der Waals surface area contributed by atoms with E-state index in [9.17, 15) is 0 Å². The quantitative estimate of drug-likeness (QED) is 0.785. The fourth-order valence-corrected chi connectivity index (χ4v) is 2.04. The first-order valence-electron chi connectivity index (χ1n) is 4.55. The lowest BCUT2D eigenvalue weighted by Gasteiger charge is -2.03. The normalized spacial score (nSPS) is 10.5. The minimum atomic E-state index is 0.817. The molecule has 0 aliphatic heterocycles. The van der Waals surface area contributed by atoms with E-state index >= 15 is 0 Å². The molecule has 15 heavy (non-hydrogen) atoms. The van der Waals surface area contributed by atoms with Crippen molar-refractivity contribution in [2.75, 3.05) is 5.73 Å². The van der Waals surface area contributed by atoms with E-state index in [1.165, 1.54) is 0 Å². The molecule has 0 aliphatic carbocycles. The summed E-state index contributed by atoms with van der Waals surface area (Å²) in [5.74, 6) is 0. The molecule has 78 valence electrons. The fraction of sp³-hybridized carbons (Fsp3) is 0.200. The number of aromatic nitrogens is 3. The number of nitrogens with zero attached hydrogens (tertiary/aromatic N) is 3. The van der Waals surface area contributed by atoms with Crippen molar-refractivity contribution in [1.82, 2.24) is 14.8 Å². The van der Waals surface area contributed by atoms with Crippen molar-refractivity contribution < 1.29 is 0 Å². The molecular weight excluding hydrogens is 208 g/mol. The molecule has 2 N–H and O–H groups in total. The van der Waals surface area contributed by atoms with Gasteiger partial charge in [-0.15, -0.1) is 10.2 Å². The lowest BCUT2D eigenvalue weighted by Crippen LogP contribution is -1.91. The molecule has 0 amide bonds. The van der Waals surface area contributed by atoms with Crippen LogP contribution in [0.25, 0.3) is 0 Å². The van der Waals surface area contributed by atoms with Crippen LogP contribution in [-0.2, 0) is 7.05 Å². The molecule has 5 heteroatoms. The van der Waals surface area contributed by atoms with Crippen LogP contribution in [0, 0.1) is 6.92 Å². The largest absolute Gasteiger partial charge is 0.399 e. The smallest absolute Gasteiger partial charge is 0.195 e. The molecule has 1 aromatic heterocycles. The van der Waals surface area contributed by atoms with Crippen molar-refractivity contribution in [1.29, 1.82) is 0 Å². The van der Waals surface area contributed by atoms with Gasteiger partial charge in [-0.2, -0.15) is 0 Å². The summed E-state index contributed by atoms with van der Waals surface area (Å²) in [6, 6.07) is 5.95. The Bertz CT molecular complexity index is 478. The van der Waals surface area contributed by atoms with E-state index in [-0.39, 0.29) is 0 Å². The summed E-state index contributed by atoms with van der Waals surface area (Å²) in [6.45, 7) is 2.00. The molecule has 4 nitrogen and oxygen atoms in total. The molecule has 0 radical (unpaired) electrons. The zero-order valence-corrected chi connectivity index (χ0v) is 9.45. The van der Waals surface area contributed by atoms with Crippen LogP contribution in [0.2, 0.25) is 0 Å². The van der Waals surface area contributed by atoms with Crippen LogP contribution in [0.1, 0.15) is 5.56 Å². The van der Waals surface area contributed by atoms with Crippen LogP contribution in [0.5, 0.6) is 0 Å². The maximum absolute atomic E-state index is 5.75. The number of rotatable bonds is 2. The second kappa shape index (κ2) is 3.94. The molecule has 0 saturated carbocycles. The van der Waals surface area contributed by atoms with Gasteiger partial charge in [-0.05, 0) is 42.4 Å². The van der Waals surface area contributed by atoms with Crippen molar-refractivity contribution >= 4 is 17.4 Å². The highest BCUT2D eigenvalue weighted by Gasteiger charge is 2.04. The molecule has 0 spiro atoms. The van der Waals surface area contributed by atoms with Crippen molar-refractivity contribution in [2.45, 2.75) is 17.0 Å². The Hall–Kier alpha value is -1.49. The summed E-state index contributed by atoms with van der Waals surface area (Å²) in [7, 11) is 1.92. The standard InChI is InChI=1S/C10H12N4S/c1-7-5-8(3-4-9(7)11)15-10-13-12-6-14(10)2/h3-6H,11H2,1-2H3. The molecule has 2 rings (SSSR count). The summed E-state index contributed by atoms with van der Waals surface area (Å²) < 4.78 is 1.89. The predicted molar refractivity (Wildman–Crippen MR) is 60.7 cm³/mol. The molecule has 0 fully saturated rings. The van der Waals surface area contributed by atoms with Gasteiger partial charge >= 0.3 is 0 Å². The Balaban J connectivity index is 2.25. The van der Waals surface area contributed by atoms with Gasteiger partial charge in [0, 0.05) is 17.6 Å². The zero-order chi connectivity index (χ0) is 10.8. The zero-order valence-electron chi connectivity index (χ0n) is 8.64. The predicted octanol–water partition coefficient (Wildman–Crippen LogP) is 1.86. The number of benzene rings is 1. The lowest BCUT2D eigenvalue weighted by molar-refractivity contribution is 0.788. The van der Waals surface area contributed by atoms with E-state index in [1.54, 1.807) is 18.1 Å². The Morgan fingerprint density at radius 3 is 2.80 bits per heavy atom. The van der Waals surface area contributed by atoms with E-state index < -0.39 is 0 Å². The van der Waals surface area contributed by atoms with Crippen LogP contribution < -0.4 is 5.73 Å². The number of aryl methyl sites for hydroxylation is 2. The highest BCUT2D eigenvalue weighted by atomic mass is 32.2. The van der Waals surface area contributed by atoms with Crippen molar-refractivity contribution in [3.05, 3.63) is 30.1 Å². The first kappa shape index (κ1) is 10.0. The molecule has 0 bridgehead atoms. The Morgan fingerprint density at radius 2 is 2.20 bits per heavy atom. The topological polar surface area (TPSA) is 56.7 Å². The molecular formula is C10H12N4S. The second-order valence-electron chi connectivity index (χ2n) is 3.34. The molecule has 0 atom stereocenters. The fourth-order valence-electron chi connectivity index (χ4n) is 1.18. The molecule has 2 aromatic rings. The minimum Gasteiger partial charge on any atom is -0.399 e. The average Bonchev–Trinajstić information content (AvgIpc) is 2.59. The van der Waals surface area contributed by atoms with E-state index in [0.717, 1.165) is 21.3 Å². The number of anilines is 1. The molecule has 0 aliphatic rings. The third kappa shape index (κ3) is 2.12. The number of hydrogen-bond acceptors (Lipinski definition) is 4. The highest BCUT2D eigenvalue weighted by molar-refractivity contribution is 7.99. The second-order valence-corrected chi connectivity index (χ2v) is 4.39. The number of hydrogen-bond donors (Lipinski definition) is 1. The third-order valence-corrected chi connectivity index (χ3v) is 3.16. The first-order valence-corrected chi connectivity index (χ1v) is 5.36. The van der Waals surface area contributed by atoms with Gasteiger partial charge < -0.3 is 10.3 Å². The molecule has 0 unspecified atom stereocenters. The molecule has 0 saturated heterocycles. The monoisotopic (exact) mass is 220 g/mol. The van der Waals surface area contributed by atoms with Gasteiger partial charge in [0.05, 0.1) is 0 Å². The van der Waals surface area contributed by atoms with Crippen LogP contribution >= 0.6 is 11.8 Å². The van der Waals surface area contributed by atoms with Crippen LogP contribution in [0.15, 0.2) is 34.6 Å². The van der Waals surface area contributed by atoms with Gasteiger partial charge in [0.1, 0.15) is 6.33 Å². The minimum absolute atomic E-state index is 0.817. The third-order valence-electron chi connectivity index (χ3n) is 2.12. The number of nitrogens with two attached hydrogens (primary N) is 1. The van der Waals surface area contributed by atoms with Crippen LogP contribution in [0.3, 0.4) is 0 Å². The number of nitrogen functional groups attached to an aromatic ring is 1. The van der Waals surface area contributed by atoms with Crippen LogP contribution in [0.4, 0.5) is 5.69 Å². The van der Waals surface area contributed by atoms with E-state index in [2.05, 4.69) is 16.3 Å². The van der Waals surface area contributed by atoms with Crippen molar-refractivity contribution in [3.8, 4) is 0 Å². The van der Waals surface area contributed by atoms with Gasteiger partial charge in [-0.25, -0.2) is 0 Å². The van der Waals surface area contributed by atoms with Gasteiger partial charge in [-0.3, -0.25) is 0 Å². The summed E-state index contributed by atoms with van der Waals surface area (Å²) in [6.07, 6.45) is 1.69. The molecule has 1 heterocycles. The maximum atomic E-state index is 5.75. The van der Waals surface area contributed by atoms with Gasteiger partial charge in [-0.1, -0.05) is 0 Å². The van der Waals surface area contributed by atoms with Crippen molar-refractivity contribution in [2.24, 2.45) is 7.05 Å². The summed E-state index contributed by atoms with van der Waals surface area (Å²) in [5.41, 5.74) is 7.65. The van der Waals surface area contributed by atoms with Gasteiger partial charge in [0.2, 0.25) is 0 Å².